The number of hydrogen-bond donors (Lipinski definition) is 0. The summed E-state index contributed by atoms with van der Waals surface area (Å²) in [7, 11) is 0. The first-order valence-electron chi connectivity index (χ1n) is 9.24. The van der Waals surface area contributed by atoms with Gasteiger partial charge in [-0.3, -0.25) is 9.59 Å². The Balaban J connectivity index is 1.82. The third-order valence-corrected chi connectivity index (χ3v) is 5.14. The van der Waals surface area contributed by atoms with Gasteiger partial charge in [-0.15, -0.1) is 0 Å². The van der Waals surface area contributed by atoms with Gasteiger partial charge in [-0.25, -0.2) is 0 Å². The zero-order valence-electron chi connectivity index (χ0n) is 14.4. The summed E-state index contributed by atoms with van der Waals surface area (Å²) in [6.45, 7) is 7.89. The number of carbonyl (C=O) groups is 2. The van der Waals surface area contributed by atoms with E-state index in [1.807, 2.05) is 9.80 Å². The van der Waals surface area contributed by atoms with Gasteiger partial charge in [0.05, 0.1) is 0 Å². The summed E-state index contributed by atoms with van der Waals surface area (Å²) < 4.78 is 0. The Morgan fingerprint density at radius 2 is 1.41 bits per heavy atom. The molecule has 0 aromatic carbocycles. The van der Waals surface area contributed by atoms with Crippen molar-refractivity contribution in [3.63, 3.8) is 0 Å². The molecule has 2 rings (SSSR count). The first-order chi connectivity index (χ1) is 10.7. The molecule has 0 aromatic heterocycles. The Morgan fingerprint density at radius 1 is 0.909 bits per heavy atom. The molecule has 4 heteroatoms. The molecule has 0 radical (unpaired) electrons. The van der Waals surface area contributed by atoms with Gasteiger partial charge in [0.15, 0.2) is 0 Å². The molecule has 0 atom stereocenters. The molecule has 4 nitrogen and oxygen atoms in total. The van der Waals surface area contributed by atoms with Crippen molar-refractivity contribution < 1.29 is 9.59 Å². The van der Waals surface area contributed by atoms with Gasteiger partial charge in [0, 0.05) is 38.0 Å². The lowest BCUT2D eigenvalue weighted by atomic mass is 9.80. The van der Waals surface area contributed by atoms with Crippen molar-refractivity contribution in [2.24, 2.45) is 11.8 Å². The summed E-state index contributed by atoms with van der Waals surface area (Å²) in [5.74, 6) is 1.01. The second kappa shape index (κ2) is 8.54. The second-order valence-corrected chi connectivity index (χ2v) is 6.91. The molecule has 1 saturated carbocycles. The molecule has 22 heavy (non-hydrogen) atoms. The highest BCUT2D eigenvalue weighted by Crippen LogP contribution is 2.32. The van der Waals surface area contributed by atoms with Gasteiger partial charge in [-0.2, -0.15) is 0 Å². The van der Waals surface area contributed by atoms with E-state index in [0.29, 0.717) is 11.8 Å². The average Bonchev–Trinajstić information content (AvgIpc) is 3.08. The Bertz CT molecular complexity index is 363. The van der Waals surface area contributed by atoms with Crippen molar-refractivity contribution in [2.45, 2.75) is 65.2 Å². The van der Waals surface area contributed by atoms with Crippen molar-refractivity contribution in [1.29, 1.82) is 0 Å². The maximum atomic E-state index is 12.6. The van der Waals surface area contributed by atoms with Crippen molar-refractivity contribution in [1.82, 2.24) is 9.80 Å². The van der Waals surface area contributed by atoms with Crippen LogP contribution in [0.3, 0.4) is 0 Å². The number of nitrogens with zero attached hydrogens (tertiary/aromatic N) is 2. The zero-order valence-corrected chi connectivity index (χ0v) is 14.4. The average molecular weight is 308 g/mol. The maximum Gasteiger partial charge on any atom is 0.225 e. The lowest BCUT2D eigenvalue weighted by molar-refractivity contribution is -0.141. The van der Waals surface area contributed by atoms with Crippen LogP contribution in [0.4, 0.5) is 0 Å². The molecule has 0 N–H and O–H groups in total. The number of carbonyl (C=O) groups excluding carboxylic acids is 2. The van der Waals surface area contributed by atoms with Crippen LogP contribution in [0.1, 0.15) is 65.2 Å². The van der Waals surface area contributed by atoms with Gasteiger partial charge in [-0.1, -0.05) is 13.8 Å². The van der Waals surface area contributed by atoms with E-state index >= 15 is 0 Å². The third-order valence-electron chi connectivity index (χ3n) is 5.14. The van der Waals surface area contributed by atoms with Gasteiger partial charge >= 0.3 is 0 Å². The smallest absolute Gasteiger partial charge is 0.225 e. The van der Waals surface area contributed by atoms with Crippen molar-refractivity contribution in [2.75, 3.05) is 26.2 Å². The molecule has 0 bridgehead atoms. The molecular formula is C18H32N2O2. The largest absolute Gasteiger partial charge is 0.342 e. The van der Waals surface area contributed by atoms with E-state index in [0.717, 1.165) is 77.5 Å². The molecule has 2 aliphatic rings. The monoisotopic (exact) mass is 308 g/mol. The number of rotatable bonds is 6. The fourth-order valence-corrected chi connectivity index (χ4v) is 3.91. The summed E-state index contributed by atoms with van der Waals surface area (Å²) in [6.07, 6.45) is 7.95. The Labute approximate surface area is 135 Å². The molecule has 2 amide bonds. The lowest BCUT2D eigenvalue weighted by Crippen LogP contribution is -2.41. The molecule has 1 heterocycles. The predicted octanol–water partition coefficient (Wildman–Crippen LogP) is 3.06. The number of hydrogen-bond acceptors (Lipinski definition) is 2. The van der Waals surface area contributed by atoms with E-state index in [1.54, 1.807) is 0 Å². The highest BCUT2D eigenvalue weighted by molar-refractivity contribution is 5.81. The fourth-order valence-electron chi connectivity index (χ4n) is 3.91. The van der Waals surface area contributed by atoms with Gasteiger partial charge < -0.3 is 9.80 Å². The lowest BCUT2D eigenvalue weighted by Gasteiger charge is -2.33. The minimum Gasteiger partial charge on any atom is -0.342 e. The molecule has 2 fully saturated rings. The first-order valence-corrected chi connectivity index (χ1v) is 9.24. The van der Waals surface area contributed by atoms with Gasteiger partial charge in [0.1, 0.15) is 0 Å². The third kappa shape index (κ3) is 4.23. The Morgan fingerprint density at radius 3 is 1.91 bits per heavy atom. The van der Waals surface area contributed by atoms with E-state index < -0.39 is 0 Å². The SMILES string of the molecule is CCCN(CCC)C(=O)C1CCC(C(=O)N2CCCC2)CC1. The Hall–Kier alpha value is -1.06. The van der Waals surface area contributed by atoms with Crippen molar-refractivity contribution in [3.8, 4) is 0 Å². The van der Waals surface area contributed by atoms with Crippen LogP contribution in [0.15, 0.2) is 0 Å². The van der Waals surface area contributed by atoms with Crippen LogP contribution in [-0.2, 0) is 9.59 Å². The quantitative estimate of drug-likeness (QED) is 0.756. The molecular weight excluding hydrogens is 276 g/mol. The number of amides is 2. The van der Waals surface area contributed by atoms with Crippen LogP contribution in [0, 0.1) is 11.8 Å². The van der Waals surface area contributed by atoms with Crippen LogP contribution < -0.4 is 0 Å². The molecule has 0 aromatic rings. The van der Waals surface area contributed by atoms with Crippen LogP contribution in [0.5, 0.6) is 0 Å². The summed E-state index contributed by atoms with van der Waals surface area (Å²) in [4.78, 5) is 29.2. The van der Waals surface area contributed by atoms with E-state index in [1.165, 1.54) is 0 Å². The van der Waals surface area contributed by atoms with Crippen molar-refractivity contribution in [3.05, 3.63) is 0 Å². The first kappa shape index (κ1) is 17.3. The highest BCUT2D eigenvalue weighted by Gasteiger charge is 2.34. The minimum atomic E-state index is 0.153. The highest BCUT2D eigenvalue weighted by atomic mass is 16.2. The van der Waals surface area contributed by atoms with Crippen LogP contribution in [0.25, 0.3) is 0 Å². The van der Waals surface area contributed by atoms with Crippen LogP contribution >= 0.6 is 0 Å². The minimum absolute atomic E-state index is 0.153. The molecule has 1 aliphatic heterocycles. The standard InChI is InChI=1S/C18H32N2O2/c1-3-11-19(12-4-2)17(21)15-7-9-16(10-8-15)18(22)20-13-5-6-14-20/h15-16H,3-14H2,1-2H3. The van der Waals surface area contributed by atoms with E-state index in [9.17, 15) is 9.59 Å². The molecule has 1 aliphatic carbocycles. The van der Waals surface area contributed by atoms with E-state index in [2.05, 4.69) is 13.8 Å². The number of likely N-dealkylation sites (tertiary alicyclic amines) is 1. The van der Waals surface area contributed by atoms with Gasteiger partial charge in [-0.05, 0) is 51.4 Å². The second-order valence-electron chi connectivity index (χ2n) is 6.91. The van der Waals surface area contributed by atoms with Gasteiger partial charge in [0.2, 0.25) is 11.8 Å². The normalized spacial score (nSPS) is 25.3. The Kier molecular flexibility index (Phi) is 6.71. The van der Waals surface area contributed by atoms with Crippen LogP contribution in [-0.4, -0.2) is 47.8 Å². The summed E-state index contributed by atoms with van der Waals surface area (Å²) >= 11 is 0. The van der Waals surface area contributed by atoms with Crippen molar-refractivity contribution >= 4 is 11.8 Å². The van der Waals surface area contributed by atoms with Gasteiger partial charge in [0.25, 0.3) is 0 Å². The topological polar surface area (TPSA) is 40.6 Å². The molecule has 1 saturated heterocycles. The molecule has 126 valence electrons. The zero-order chi connectivity index (χ0) is 15.9. The van der Waals surface area contributed by atoms with Crippen LogP contribution in [0.2, 0.25) is 0 Å². The van der Waals surface area contributed by atoms with E-state index in [4.69, 9.17) is 0 Å². The molecule has 0 spiro atoms. The maximum absolute atomic E-state index is 12.6. The summed E-state index contributed by atoms with van der Waals surface area (Å²) in [6, 6.07) is 0. The van der Waals surface area contributed by atoms with E-state index in [-0.39, 0.29) is 11.8 Å². The summed E-state index contributed by atoms with van der Waals surface area (Å²) in [5.41, 5.74) is 0. The summed E-state index contributed by atoms with van der Waals surface area (Å²) in [5, 5.41) is 0. The fraction of sp³-hybridized carbons (Fsp3) is 0.889. The predicted molar refractivity (Wildman–Crippen MR) is 88.4 cm³/mol. The molecule has 0 unspecified atom stereocenters.